The van der Waals surface area contributed by atoms with Gasteiger partial charge in [-0.2, -0.15) is 0 Å². The summed E-state index contributed by atoms with van der Waals surface area (Å²) in [5.41, 5.74) is 15.5. The van der Waals surface area contributed by atoms with Crippen molar-refractivity contribution in [1.29, 1.82) is 0 Å². The number of halogens is 2. The molecule has 0 aliphatic heterocycles. The molecule has 4 N–H and O–H groups in total. The van der Waals surface area contributed by atoms with Gasteiger partial charge in [-0.1, -0.05) is 18.7 Å². The highest BCUT2D eigenvalue weighted by Crippen LogP contribution is 2.25. The number of nitrogen functional groups attached to an aromatic ring is 2. The monoisotopic (exact) mass is 319 g/mol. The fraction of sp³-hybridized carbons (Fsp3) is 0.176. The fourth-order valence-electron chi connectivity index (χ4n) is 2.12. The van der Waals surface area contributed by atoms with Crippen molar-refractivity contribution in [3.05, 3.63) is 66.0 Å². The topological polar surface area (TPSA) is 55.3 Å². The first kappa shape index (κ1) is 16.2. The van der Waals surface area contributed by atoms with Gasteiger partial charge in [-0.3, -0.25) is 0 Å². The summed E-state index contributed by atoms with van der Waals surface area (Å²) in [7, 11) is 0. The average Bonchev–Trinajstić information content (AvgIpc) is 2.51. The molecule has 0 atom stereocenters. The summed E-state index contributed by atoms with van der Waals surface area (Å²) in [6.07, 6.45) is 0. The van der Waals surface area contributed by atoms with Gasteiger partial charge in [0.05, 0.1) is 11.4 Å². The maximum atomic E-state index is 13.0. The summed E-state index contributed by atoms with van der Waals surface area (Å²) in [5.74, 6) is 0.127. The van der Waals surface area contributed by atoms with Crippen LogP contribution in [0.25, 0.3) is 0 Å². The van der Waals surface area contributed by atoms with Crippen molar-refractivity contribution >= 4 is 28.7 Å². The van der Waals surface area contributed by atoms with Crippen LogP contribution in [0, 0.1) is 5.82 Å². The summed E-state index contributed by atoms with van der Waals surface area (Å²) in [5, 5.41) is 0. The minimum absolute atomic E-state index is 0.253. The molecule has 0 unspecified atom stereocenters. The van der Waals surface area contributed by atoms with Gasteiger partial charge in [0.2, 0.25) is 0 Å². The molecule has 0 amide bonds. The molecule has 3 nitrogen and oxygen atoms in total. The molecule has 2 aromatic carbocycles. The second-order valence-electron chi connectivity index (χ2n) is 5.18. The van der Waals surface area contributed by atoms with Gasteiger partial charge >= 0.3 is 0 Å². The molecule has 0 aliphatic carbocycles. The number of hydrogen-bond acceptors (Lipinski definition) is 3. The van der Waals surface area contributed by atoms with Crippen LogP contribution in [0.3, 0.4) is 0 Å². The Morgan fingerprint density at radius 3 is 2.36 bits per heavy atom. The van der Waals surface area contributed by atoms with Gasteiger partial charge in [0, 0.05) is 24.7 Å². The van der Waals surface area contributed by atoms with E-state index in [1.165, 1.54) is 12.1 Å². The molecule has 5 heteroatoms. The zero-order valence-corrected chi connectivity index (χ0v) is 13.0. The lowest BCUT2D eigenvalue weighted by Gasteiger charge is -2.26. The number of rotatable bonds is 6. The SMILES string of the molecule is C=C(CCl)CN(Cc1ccc(F)cc1)c1ccc(N)c(N)c1. The van der Waals surface area contributed by atoms with Gasteiger partial charge in [0.25, 0.3) is 0 Å². The van der Waals surface area contributed by atoms with E-state index in [0.717, 1.165) is 16.8 Å². The maximum Gasteiger partial charge on any atom is 0.123 e. The minimum atomic E-state index is -0.253. The maximum absolute atomic E-state index is 13.0. The summed E-state index contributed by atoms with van der Waals surface area (Å²) in [6.45, 7) is 5.13. The Hall–Kier alpha value is -2.20. The van der Waals surface area contributed by atoms with E-state index in [0.29, 0.717) is 30.3 Å². The van der Waals surface area contributed by atoms with Crippen molar-refractivity contribution in [2.24, 2.45) is 0 Å². The van der Waals surface area contributed by atoms with E-state index in [2.05, 4.69) is 11.5 Å². The molecular weight excluding hydrogens is 301 g/mol. The molecule has 0 spiro atoms. The molecule has 0 saturated carbocycles. The molecule has 2 aromatic rings. The third-order valence-electron chi connectivity index (χ3n) is 3.33. The van der Waals surface area contributed by atoms with Crippen LogP contribution < -0.4 is 16.4 Å². The van der Waals surface area contributed by atoms with E-state index in [4.69, 9.17) is 23.1 Å². The van der Waals surface area contributed by atoms with Crippen molar-refractivity contribution < 1.29 is 4.39 Å². The second-order valence-corrected chi connectivity index (χ2v) is 5.45. The third-order valence-corrected chi connectivity index (χ3v) is 3.70. The first-order valence-electron chi connectivity index (χ1n) is 6.86. The Kier molecular flexibility index (Phi) is 5.28. The summed E-state index contributed by atoms with van der Waals surface area (Å²) in [4.78, 5) is 2.08. The Morgan fingerprint density at radius 1 is 1.09 bits per heavy atom. The highest BCUT2D eigenvalue weighted by Gasteiger charge is 2.10. The van der Waals surface area contributed by atoms with E-state index in [9.17, 15) is 4.39 Å². The highest BCUT2D eigenvalue weighted by molar-refractivity contribution is 6.19. The molecule has 0 heterocycles. The van der Waals surface area contributed by atoms with E-state index < -0.39 is 0 Å². The molecule has 0 aliphatic rings. The molecule has 2 rings (SSSR count). The molecule has 0 radical (unpaired) electrons. The van der Waals surface area contributed by atoms with Crippen LogP contribution in [0.5, 0.6) is 0 Å². The fourth-order valence-corrected chi connectivity index (χ4v) is 2.20. The van der Waals surface area contributed by atoms with Gasteiger partial charge in [-0.25, -0.2) is 4.39 Å². The van der Waals surface area contributed by atoms with Gasteiger partial charge in [-0.15, -0.1) is 11.6 Å². The molecule has 0 bridgehead atoms. The zero-order valence-electron chi connectivity index (χ0n) is 12.2. The van der Waals surface area contributed by atoms with E-state index >= 15 is 0 Å². The molecule has 22 heavy (non-hydrogen) atoms. The number of nitrogens with zero attached hydrogens (tertiary/aromatic N) is 1. The van der Waals surface area contributed by atoms with Crippen LogP contribution in [-0.4, -0.2) is 12.4 Å². The van der Waals surface area contributed by atoms with Crippen LogP contribution >= 0.6 is 11.6 Å². The van der Waals surface area contributed by atoms with Crippen molar-refractivity contribution in [3.8, 4) is 0 Å². The number of alkyl halides is 1. The number of nitrogens with two attached hydrogens (primary N) is 2. The van der Waals surface area contributed by atoms with Crippen LogP contribution in [0.4, 0.5) is 21.5 Å². The lowest BCUT2D eigenvalue weighted by Crippen LogP contribution is -2.25. The van der Waals surface area contributed by atoms with Crippen molar-refractivity contribution in [3.63, 3.8) is 0 Å². The van der Waals surface area contributed by atoms with Gasteiger partial charge in [0.15, 0.2) is 0 Å². The molecule has 0 aromatic heterocycles. The first-order chi connectivity index (χ1) is 10.5. The largest absolute Gasteiger partial charge is 0.397 e. The molecule has 0 fully saturated rings. The van der Waals surface area contributed by atoms with Crippen molar-refractivity contribution in [2.45, 2.75) is 6.54 Å². The highest BCUT2D eigenvalue weighted by atomic mass is 35.5. The zero-order chi connectivity index (χ0) is 16.1. The van der Waals surface area contributed by atoms with Crippen LogP contribution in [0.2, 0.25) is 0 Å². The predicted molar refractivity (Wildman–Crippen MR) is 92.6 cm³/mol. The smallest absolute Gasteiger partial charge is 0.123 e. The van der Waals surface area contributed by atoms with E-state index in [1.54, 1.807) is 18.2 Å². The molecule has 116 valence electrons. The van der Waals surface area contributed by atoms with E-state index in [1.807, 2.05) is 12.1 Å². The third kappa shape index (κ3) is 4.15. The van der Waals surface area contributed by atoms with Gasteiger partial charge < -0.3 is 16.4 Å². The Bertz CT molecular complexity index is 655. The van der Waals surface area contributed by atoms with E-state index in [-0.39, 0.29) is 5.82 Å². The Morgan fingerprint density at radius 2 is 1.77 bits per heavy atom. The molecule has 0 saturated heterocycles. The lowest BCUT2D eigenvalue weighted by atomic mass is 10.1. The van der Waals surface area contributed by atoms with Gasteiger partial charge in [0.1, 0.15) is 5.82 Å². The van der Waals surface area contributed by atoms with Crippen LogP contribution in [0.1, 0.15) is 5.56 Å². The van der Waals surface area contributed by atoms with Crippen LogP contribution in [-0.2, 0) is 6.54 Å². The number of anilines is 3. The molecular formula is C17H19ClFN3. The average molecular weight is 320 g/mol. The summed E-state index contributed by atoms with van der Waals surface area (Å²) in [6, 6.07) is 11.9. The van der Waals surface area contributed by atoms with Crippen LogP contribution in [0.15, 0.2) is 54.6 Å². The number of benzene rings is 2. The lowest BCUT2D eigenvalue weighted by molar-refractivity contribution is 0.626. The van der Waals surface area contributed by atoms with Gasteiger partial charge in [-0.05, 0) is 41.5 Å². The van der Waals surface area contributed by atoms with Crippen molar-refractivity contribution in [2.75, 3.05) is 28.8 Å². The second kappa shape index (κ2) is 7.18. The minimum Gasteiger partial charge on any atom is -0.397 e. The number of hydrogen-bond donors (Lipinski definition) is 2. The Labute approximate surface area is 135 Å². The normalized spacial score (nSPS) is 10.5. The first-order valence-corrected chi connectivity index (χ1v) is 7.40. The predicted octanol–water partition coefficient (Wildman–Crippen LogP) is 3.79. The standard InChI is InChI=1S/C17H19ClFN3/c1-12(9-18)10-22(11-13-2-4-14(19)5-3-13)15-6-7-16(20)17(21)8-15/h2-8H,1,9-11,20-21H2. The quantitative estimate of drug-likeness (QED) is 0.484. The summed E-state index contributed by atoms with van der Waals surface area (Å²) >= 11 is 5.84. The Balaban J connectivity index is 2.26. The van der Waals surface area contributed by atoms with Crippen molar-refractivity contribution in [1.82, 2.24) is 0 Å². The summed E-state index contributed by atoms with van der Waals surface area (Å²) < 4.78 is 13.0.